The second-order valence-electron chi connectivity index (χ2n) is 5.04. The van der Waals surface area contributed by atoms with E-state index in [9.17, 15) is 9.59 Å². The average Bonchev–Trinajstić information content (AvgIpc) is 2.50. The topological polar surface area (TPSA) is 78.9 Å². The maximum Gasteiger partial charge on any atom is 0.305 e. The van der Waals surface area contributed by atoms with Crippen LogP contribution in [0.5, 0.6) is 5.75 Å². The first-order valence-electron chi connectivity index (χ1n) is 7.15. The minimum absolute atomic E-state index is 0.186. The number of carbonyl (C=O) groups is 2. The van der Waals surface area contributed by atoms with Crippen LogP contribution in [0.1, 0.15) is 12.0 Å². The lowest BCUT2D eigenvalue weighted by molar-refractivity contribution is -0.142. The number of benzene rings is 1. The van der Waals surface area contributed by atoms with E-state index in [0.717, 1.165) is 11.3 Å². The summed E-state index contributed by atoms with van der Waals surface area (Å²) in [5.41, 5.74) is 0.946. The molecule has 22 heavy (non-hydrogen) atoms. The quantitative estimate of drug-likeness (QED) is 0.819. The number of carboxylic acid groups (broad SMARTS) is 1. The molecule has 118 valence electrons. The summed E-state index contributed by atoms with van der Waals surface area (Å²) in [7, 11) is 1.62. The number of piperazine rings is 1. The Bertz CT molecular complexity index is 571. The largest absolute Gasteiger partial charge is 0.496 e. The molecule has 2 N–H and O–H groups in total. The Hall–Kier alpha value is -2.34. The van der Waals surface area contributed by atoms with Crippen LogP contribution in [0.3, 0.4) is 0 Å². The lowest BCUT2D eigenvalue weighted by Crippen LogP contribution is -2.55. The molecule has 1 aliphatic rings. The maximum atomic E-state index is 11.8. The van der Waals surface area contributed by atoms with Gasteiger partial charge in [0.1, 0.15) is 5.75 Å². The van der Waals surface area contributed by atoms with Gasteiger partial charge in [0.25, 0.3) is 0 Å². The second kappa shape index (κ2) is 7.61. The normalized spacial score (nSPS) is 19.1. The number of rotatable bonds is 6. The molecule has 1 atom stereocenters. The van der Waals surface area contributed by atoms with Crippen LogP contribution in [0.15, 0.2) is 30.3 Å². The lowest BCUT2D eigenvalue weighted by Gasteiger charge is -2.33. The fourth-order valence-electron chi connectivity index (χ4n) is 2.49. The van der Waals surface area contributed by atoms with Crippen molar-refractivity contribution in [2.45, 2.75) is 12.5 Å². The van der Waals surface area contributed by atoms with E-state index in [1.807, 2.05) is 41.3 Å². The molecule has 0 bridgehead atoms. The van der Waals surface area contributed by atoms with Gasteiger partial charge in [0.15, 0.2) is 0 Å². The van der Waals surface area contributed by atoms with Crippen molar-refractivity contribution in [3.05, 3.63) is 35.9 Å². The van der Waals surface area contributed by atoms with Gasteiger partial charge >= 0.3 is 5.97 Å². The Balaban J connectivity index is 2.03. The van der Waals surface area contributed by atoms with Gasteiger partial charge in [-0.2, -0.15) is 0 Å². The third-order valence-electron chi connectivity index (χ3n) is 3.59. The fourth-order valence-corrected chi connectivity index (χ4v) is 2.49. The Morgan fingerprint density at radius 3 is 3.00 bits per heavy atom. The first kappa shape index (κ1) is 16.0. The molecule has 0 saturated carbocycles. The Morgan fingerprint density at radius 1 is 1.50 bits per heavy atom. The molecule has 0 aromatic heterocycles. The highest BCUT2D eigenvalue weighted by Gasteiger charge is 2.30. The van der Waals surface area contributed by atoms with E-state index >= 15 is 0 Å². The number of carbonyl (C=O) groups excluding carboxylic acids is 1. The highest BCUT2D eigenvalue weighted by Crippen LogP contribution is 2.19. The standard InChI is InChI=1S/C16H20N2O4/c1-22-14-7-3-2-5-12(14)6-4-9-18-10-8-17-16(21)13(18)11-15(19)20/h2-7,13H,8-11H2,1H3,(H,17,21)(H,19,20). The summed E-state index contributed by atoms with van der Waals surface area (Å²) < 4.78 is 5.27. The first-order chi connectivity index (χ1) is 10.6. The third kappa shape index (κ3) is 4.08. The highest BCUT2D eigenvalue weighted by molar-refractivity contribution is 5.86. The average molecular weight is 304 g/mol. The van der Waals surface area contributed by atoms with Gasteiger partial charge in [0, 0.05) is 25.2 Å². The predicted octanol–water partition coefficient (Wildman–Crippen LogP) is 0.983. The number of carboxylic acids is 1. The number of hydrogen-bond donors (Lipinski definition) is 2. The smallest absolute Gasteiger partial charge is 0.305 e. The lowest BCUT2D eigenvalue weighted by atomic mass is 10.1. The summed E-state index contributed by atoms with van der Waals surface area (Å²) in [5.74, 6) is -0.419. The second-order valence-corrected chi connectivity index (χ2v) is 5.04. The molecule has 0 radical (unpaired) electrons. The molecular formula is C16H20N2O4. The van der Waals surface area contributed by atoms with E-state index in [-0.39, 0.29) is 12.3 Å². The molecule has 1 aromatic rings. The van der Waals surface area contributed by atoms with Crippen LogP contribution in [0, 0.1) is 0 Å². The summed E-state index contributed by atoms with van der Waals surface area (Å²) in [6, 6.07) is 7.01. The van der Waals surface area contributed by atoms with Crippen molar-refractivity contribution in [2.75, 3.05) is 26.7 Å². The van der Waals surface area contributed by atoms with E-state index in [0.29, 0.717) is 19.6 Å². The zero-order valence-electron chi connectivity index (χ0n) is 12.5. The summed E-state index contributed by atoms with van der Waals surface area (Å²) in [6.07, 6.45) is 3.66. The molecule has 1 aliphatic heterocycles. The number of amides is 1. The summed E-state index contributed by atoms with van der Waals surface area (Å²) in [4.78, 5) is 24.6. The molecule has 1 aromatic carbocycles. The summed E-state index contributed by atoms with van der Waals surface area (Å²) in [6.45, 7) is 1.70. The number of hydrogen-bond acceptors (Lipinski definition) is 4. The first-order valence-corrected chi connectivity index (χ1v) is 7.15. The number of methoxy groups -OCH3 is 1. The Morgan fingerprint density at radius 2 is 2.27 bits per heavy atom. The van der Waals surface area contributed by atoms with E-state index < -0.39 is 12.0 Å². The van der Waals surface area contributed by atoms with Crippen molar-refractivity contribution < 1.29 is 19.4 Å². The van der Waals surface area contributed by atoms with Gasteiger partial charge in [-0.3, -0.25) is 14.5 Å². The number of para-hydroxylation sites is 1. The van der Waals surface area contributed by atoms with E-state index in [4.69, 9.17) is 9.84 Å². The number of ether oxygens (including phenoxy) is 1. The van der Waals surface area contributed by atoms with Gasteiger partial charge in [0.2, 0.25) is 5.91 Å². The van der Waals surface area contributed by atoms with Crippen LogP contribution in [-0.2, 0) is 9.59 Å². The minimum Gasteiger partial charge on any atom is -0.496 e. The zero-order chi connectivity index (χ0) is 15.9. The van der Waals surface area contributed by atoms with Crippen LogP contribution in [0.25, 0.3) is 6.08 Å². The monoisotopic (exact) mass is 304 g/mol. The van der Waals surface area contributed by atoms with E-state index in [2.05, 4.69) is 5.32 Å². The van der Waals surface area contributed by atoms with Crippen LogP contribution >= 0.6 is 0 Å². The molecule has 1 saturated heterocycles. The minimum atomic E-state index is -0.972. The van der Waals surface area contributed by atoms with Gasteiger partial charge in [0.05, 0.1) is 19.6 Å². The zero-order valence-corrected chi connectivity index (χ0v) is 12.5. The molecule has 6 heteroatoms. The molecule has 1 fully saturated rings. The van der Waals surface area contributed by atoms with Crippen molar-refractivity contribution in [3.63, 3.8) is 0 Å². The molecule has 0 aliphatic carbocycles. The maximum absolute atomic E-state index is 11.8. The molecule has 2 rings (SSSR count). The van der Waals surface area contributed by atoms with Gasteiger partial charge < -0.3 is 15.2 Å². The number of nitrogens with one attached hydrogen (secondary N) is 1. The van der Waals surface area contributed by atoms with E-state index in [1.165, 1.54) is 0 Å². The molecule has 0 spiro atoms. The van der Waals surface area contributed by atoms with Gasteiger partial charge in [-0.15, -0.1) is 0 Å². The van der Waals surface area contributed by atoms with Crippen molar-refractivity contribution in [1.82, 2.24) is 10.2 Å². The molecular weight excluding hydrogens is 284 g/mol. The molecule has 1 heterocycles. The third-order valence-corrected chi connectivity index (χ3v) is 3.59. The summed E-state index contributed by atoms with van der Waals surface area (Å²) in [5, 5.41) is 11.6. The predicted molar refractivity (Wildman–Crippen MR) is 82.7 cm³/mol. The van der Waals surface area contributed by atoms with Crippen LogP contribution in [0.2, 0.25) is 0 Å². The molecule has 6 nitrogen and oxygen atoms in total. The number of nitrogens with zero attached hydrogens (tertiary/aromatic N) is 1. The molecule has 1 unspecified atom stereocenters. The Labute approximate surface area is 129 Å². The summed E-state index contributed by atoms with van der Waals surface area (Å²) >= 11 is 0. The van der Waals surface area contributed by atoms with Crippen molar-refractivity contribution >= 4 is 18.0 Å². The van der Waals surface area contributed by atoms with E-state index in [1.54, 1.807) is 7.11 Å². The van der Waals surface area contributed by atoms with Gasteiger partial charge in [-0.05, 0) is 6.07 Å². The number of aliphatic carboxylic acids is 1. The van der Waals surface area contributed by atoms with Crippen molar-refractivity contribution in [2.24, 2.45) is 0 Å². The molecule has 1 amide bonds. The fraction of sp³-hybridized carbons (Fsp3) is 0.375. The van der Waals surface area contributed by atoms with Crippen LogP contribution in [-0.4, -0.2) is 54.7 Å². The van der Waals surface area contributed by atoms with Crippen molar-refractivity contribution in [1.29, 1.82) is 0 Å². The van der Waals surface area contributed by atoms with Gasteiger partial charge in [-0.25, -0.2) is 0 Å². The highest BCUT2D eigenvalue weighted by atomic mass is 16.5. The van der Waals surface area contributed by atoms with Crippen LogP contribution in [0.4, 0.5) is 0 Å². The van der Waals surface area contributed by atoms with Crippen molar-refractivity contribution in [3.8, 4) is 5.75 Å². The van der Waals surface area contributed by atoms with Gasteiger partial charge in [-0.1, -0.05) is 30.4 Å². The SMILES string of the molecule is COc1ccccc1C=CCN1CCNC(=O)C1CC(=O)O. The Kier molecular flexibility index (Phi) is 5.55. The van der Waals surface area contributed by atoms with Crippen LogP contribution < -0.4 is 10.1 Å².